The lowest BCUT2D eigenvalue weighted by molar-refractivity contribution is 0.380. The standard InChI is InChI=1S/C17H16N6OS/c1-10-9-14-20-21-17(23(14)12(3)18-10)25-11(2)16-19-15(22-24-16)13-7-5-4-6-8-13/h4-9,11H,1-3H3/t11-/m0/s1. The number of thioether (sulfide) groups is 1. The lowest BCUT2D eigenvalue weighted by atomic mass is 10.2. The summed E-state index contributed by atoms with van der Waals surface area (Å²) >= 11 is 1.51. The summed E-state index contributed by atoms with van der Waals surface area (Å²) in [5, 5.41) is 13.3. The van der Waals surface area contributed by atoms with Crippen LogP contribution in [0.2, 0.25) is 0 Å². The van der Waals surface area contributed by atoms with Crippen LogP contribution in [-0.4, -0.2) is 29.7 Å². The van der Waals surface area contributed by atoms with Crippen molar-refractivity contribution >= 4 is 17.4 Å². The van der Waals surface area contributed by atoms with Gasteiger partial charge in [-0.15, -0.1) is 10.2 Å². The summed E-state index contributed by atoms with van der Waals surface area (Å²) in [7, 11) is 0. The van der Waals surface area contributed by atoms with Crippen molar-refractivity contribution < 1.29 is 4.52 Å². The molecule has 3 aromatic heterocycles. The monoisotopic (exact) mass is 352 g/mol. The Morgan fingerprint density at radius 2 is 1.88 bits per heavy atom. The second-order valence-corrected chi connectivity index (χ2v) is 7.01. The molecule has 4 aromatic rings. The summed E-state index contributed by atoms with van der Waals surface area (Å²) in [6, 6.07) is 11.7. The highest BCUT2D eigenvalue weighted by Crippen LogP contribution is 2.34. The maximum absolute atomic E-state index is 5.44. The molecule has 0 aliphatic carbocycles. The van der Waals surface area contributed by atoms with Gasteiger partial charge in [0.05, 0.1) is 5.25 Å². The van der Waals surface area contributed by atoms with E-state index in [2.05, 4.69) is 25.3 Å². The van der Waals surface area contributed by atoms with E-state index in [0.717, 1.165) is 27.9 Å². The quantitative estimate of drug-likeness (QED) is 0.518. The topological polar surface area (TPSA) is 82.0 Å². The maximum atomic E-state index is 5.44. The van der Waals surface area contributed by atoms with E-state index in [-0.39, 0.29) is 5.25 Å². The Labute approximate surface area is 148 Å². The van der Waals surface area contributed by atoms with Gasteiger partial charge >= 0.3 is 0 Å². The van der Waals surface area contributed by atoms with Crippen LogP contribution in [0.1, 0.15) is 29.6 Å². The summed E-state index contributed by atoms with van der Waals surface area (Å²) in [4.78, 5) is 8.98. The number of aromatic nitrogens is 6. The van der Waals surface area contributed by atoms with E-state index in [1.54, 1.807) is 0 Å². The third-order valence-electron chi connectivity index (χ3n) is 3.76. The fourth-order valence-corrected chi connectivity index (χ4v) is 3.52. The van der Waals surface area contributed by atoms with Gasteiger partial charge in [-0.05, 0) is 20.8 Å². The smallest absolute Gasteiger partial charge is 0.240 e. The van der Waals surface area contributed by atoms with Crippen molar-refractivity contribution in [3.8, 4) is 11.4 Å². The Morgan fingerprint density at radius 3 is 2.68 bits per heavy atom. The highest BCUT2D eigenvalue weighted by molar-refractivity contribution is 7.99. The normalized spacial score (nSPS) is 12.6. The van der Waals surface area contributed by atoms with Crippen LogP contribution in [0.4, 0.5) is 0 Å². The van der Waals surface area contributed by atoms with Crippen LogP contribution in [0.25, 0.3) is 17.0 Å². The second kappa shape index (κ2) is 6.29. The Balaban J connectivity index is 1.61. The number of rotatable bonds is 4. The number of hydrogen-bond acceptors (Lipinski definition) is 7. The molecule has 126 valence electrons. The molecular weight excluding hydrogens is 336 g/mol. The summed E-state index contributed by atoms with van der Waals surface area (Å²) < 4.78 is 7.37. The zero-order valence-corrected chi connectivity index (χ0v) is 14.9. The number of hydrogen-bond donors (Lipinski definition) is 0. The molecule has 0 spiro atoms. The van der Waals surface area contributed by atoms with Crippen LogP contribution in [0.15, 0.2) is 46.1 Å². The number of fused-ring (bicyclic) bond motifs is 1. The first kappa shape index (κ1) is 15.8. The van der Waals surface area contributed by atoms with Gasteiger partial charge in [-0.1, -0.05) is 47.3 Å². The first-order chi connectivity index (χ1) is 12.1. The zero-order valence-electron chi connectivity index (χ0n) is 14.0. The van der Waals surface area contributed by atoms with E-state index >= 15 is 0 Å². The molecule has 0 unspecified atom stereocenters. The molecule has 1 atom stereocenters. The largest absolute Gasteiger partial charge is 0.338 e. The van der Waals surface area contributed by atoms with Gasteiger partial charge in [0.15, 0.2) is 10.8 Å². The van der Waals surface area contributed by atoms with Crippen molar-refractivity contribution in [3.63, 3.8) is 0 Å². The molecule has 0 aliphatic rings. The van der Waals surface area contributed by atoms with Crippen LogP contribution < -0.4 is 0 Å². The number of nitrogens with zero attached hydrogens (tertiary/aromatic N) is 6. The molecule has 0 saturated carbocycles. The molecule has 3 heterocycles. The number of benzene rings is 1. The molecular formula is C17H16N6OS. The molecule has 1 aromatic carbocycles. The third kappa shape index (κ3) is 3.00. The van der Waals surface area contributed by atoms with Crippen LogP contribution in [-0.2, 0) is 0 Å². The molecule has 4 rings (SSSR count). The molecule has 0 amide bonds. The highest BCUT2D eigenvalue weighted by Gasteiger charge is 2.20. The van der Waals surface area contributed by atoms with E-state index in [1.807, 2.05) is 61.6 Å². The van der Waals surface area contributed by atoms with Crippen molar-refractivity contribution in [2.75, 3.05) is 0 Å². The van der Waals surface area contributed by atoms with E-state index in [0.29, 0.717) is 11.7 Å². The van der Waals surface area contributed by atoms with E-state index < -0.39 is 0 Å². The molecule has 0 N–H and O–H groups in total. The van der Waals surface area contributed by atoms with Crippen molar-refractivity contribution in [1.29, 1.82) is 0 Å². The van der Waals surface area contributed by atoms with Gasteiger partial charge in [0.25, 0.3) is 0 Å². The lowest BCUT2D eigenvalue weighted by Gasteiger charge is -2.06. The number of aryl methyl sites for hydroxylation is 2. The summed E-state index contributed by atoms with van der Waals surface area (Å²) in [6.07, 6.45) is 0. The lowest BCUT2D eigenvalue weighted by Crippen LogP contribution is -2.00. The Morgan fingerprint density at radius 1 is 1.08 bits per heavy atom. The van der Waals surface area contributed by atoms with Gasteiger partial charge in [-0.2, -0.15) is 4.98 Å². The van der Waals surface area contributed by atoms with Gasteiger partial charge in [0.1, 0.15) is 5.82 Å². The van der Waals surface area contributed by atoms with Crippen LogP contribution in [0.3, 0.4) is 0 Å². The maximum Gasteiger partial charge on any atom is 0.240 e. The van der Waals surface area contributed by atoms with Gasteiger partial charge in [0.2, 0.25) is 11.7 Å². The van der Waals surface area contributed by atoms with E-state index in [4.69, 9.17) is 4.52 Å². The van der Waals surface area contributed by atoms with E-state index in [9.17, 15) is 0 Å². The van der Waals surface area contributed by atoms with Gasteiger partial charge in [-0.25, -0.2) is 4.98 Å². The predicted molar refractivity (Wildman–Crippen MR) is 94.3 cm³/mol. The SMILES string of the molecule is Cc1cc2nnc(S[C@@H](C)c3nc(-c4ccccc4)no3)n2c(C)n1. The van der Waals surface area contributed by atoms with Crippen molar-refractivity contribution in [3.05, 3.63) is 53.8 Å². The van der Waals surface area contributed by atoms with Crippen LogP contribution in [0.5, 0.6) is 0 Å². The highest BCUT2D eigenvalue weighted by atomic mass is 32.2. The average Bonchev–Trinajstić information content (AvgIpc) is 3.23. The molecule has 7 nitrogen and oxygen atoms in total. The van der Waals surface area contributed by atoms with Gasteiger partial charge in [0, 0.05) is 17.3 Å². The average molecular weight is 352 g/mol. The van der Waals surface area contributed by atoms with Gasteiger partial charge < -0.3 is 4.52 Å². The molecule has 25 heavy (non-hydrogen) atoms. The predicted octanol–water partition coefficient (Wildman–Crippen LogP) is 3.64. The minimum absolute atomic E-state index is 0.0573. The summed E-state index contributed by atoms with van der Waals surface area (Å²) in [6.45, 7) is 5.89. The van der Waals surface area contributed by atoms with Gasteiger partial charge in [-0.3, -0.25) is 4.40 Å². The van der Waals surface area contributed by atoms with E-state index in [1.165, 1.54) is 11.8 Å². The molecule has 0 radical (unpaired) electrons. The second-order valence-electron chi connectivity index (χ2n) is 5.70. The minimum atomic E-state index is -0.0573. The zero-order chi connectivity index (χ0) is 17.4. The minimum Gasteiger partial charge on any atom is -0.338 e. The first-order valence-corrected chi connectivity index (χ1v) is 8.75. The Hall–Kier alpha value is -2.74. The Kier molecular flexibility index (Phi) is 3.96. The first-order valence-electron chi connectivity index (χ1n) is 7.87. The Bertz CT molecular complexity index is 1030. The summed E-state index contributed by atoms with van der Waals surface area (Å²) in [5.74, 6) is 1.99. The fraction of sp³-hybridized carbons (Fsp3) is 0.235. The fourth-order valence-electron chi connectivity index (χ4n) is 2.59. The summed E-state index contributed by atoms with van der Waals surface area (Å²) in [5.41, 5.74) is 2.64. The van der Waals surface area contributed by atoms with Crippen molar-refractivity contribution in [1.82, 2.24) is 29.7 Å². The van der Waals surface area contributed by atoms with Crippen molar-refractivity contribution in [2.45, 2.75) is 31.2 Å². The molecule has 0 bridgehead atoms. The molecule has 0 aliphatic heterocycles. The van der Waals surface area contributed by atoms with Crippen LogP contribution in [0, 0.1) is 13.8 Å². The molecule has 0 saturated heterocycles. The third-order valence-corrected chi connectivity index (χ3v) is 4.79. The van der Waals surface area contributed by atoms with Crippen molar-refractivity contribution in [2.24, 2.45) is 0 Å². The molecule has 0 fully saturated rings. The molecule has 8 heteroatoms. The van der Waals surface area contributed by atoms with Crippen LogP contribution >= 0.6 is 11.8 Å².